The number of carbonyl (C=O) groups excluding carboxylic acids is 1. The zero-order valence-electron chi connectivity index (χ0n) is 19.9. The van der Waals surface area contributed by atoms with E-state index in [2.05, 4.69) is 4.98 Å². The number of pyridine rings is 1. The van der Waals surface area contributed by atoms with Crippen molar-refractivity contribution in [1.82, 2.24) is 13.9 Å². The Labute approximate surface area is 203 Å². The van der Waals surface area contributed by atoms with Gasteiger partial charge in [0.15, 0.2) is 5.82 Å². The van der Waals surface area contributed by atoms with Crippen LogP contribution >= 0.6 is 0 Å². The molecule has 0 radical (unpaired) electrons. The van der Waals surface area contributed by atoms with Crippen molar-refractivity contribution in [3.05, 3.63) is 65.9 Å². The highest BCUT2D eigenvalue weighted by atomic mass is 32.2. The molecule has 0 saturated carbocycles. The van der Waals surface area contributed by atoms with E-state index in [0.717, 1.165) is 15.1 Å². The van der Waals surface area contributed by atoms with E-state index in [9.17, 15) is 18.5 Å². The molecule has 3 rings (SSSR count). The molecule has 0 unspecified atom stereocenters. The Kier molecular flexibility index (Phi) is 7.17. The first-order valence-electron chi connectivity index (χ1n) is 10.5. The van der Waals surface area contributed by atoms with Gasteiger partial charge >= 0.3 is 6.09 Å². The number of rotatable bonds is 6. The molecule has 1 aromatic carbocycles. The molecule has 0 aliphatic heterocycles. The molecule has 9 nitrogen and oxygen atoms in total. The second-order valence-corrected chi connectivity index (χ2v) is 10.5. The number of amides is 1. The van der Waals surface area contributed by atoms with E-state index in [0.29, 0.717) is 5.75 Å². The van der Waals surface area contributed by atoms with Crippen molar-refractivity contribution >= 4 is 16.1 Å². The molecule has 0 atom stereocenters. The third kappa shape index (κ3) is 5.44. The summed E-state index contributed by atoms with van der Waals surface area (Å²) in [4.78, 5) is 17.3. The summed E-state index contributed by atoms with van der Waals surface area (Å²) in [6, 6.07) is 10.5. The van der Waals surface area contributed by atoms with Gasteiger partial charge in [-0.1, -0.05) is 6.07 Å². The summed E-state index contributed by atoms with van der Waals surface area (Å²) in [5, 5.41) is 9.50. The number of benzene rings is 1. The van der Waals surface area contributed by atoms with Crippen molar-refractivity contribution in [2.24, 2.45) is 0 Å². The van der Waals surface area contributed by atoms with E-state index in [1.54, 1.807) is 26.8 Å². The van der Waals surface area contributed by atoms with Crippen molar-refractivity contribution < 1.29 is 27.1 Å². The molecule has 0 bridgehead atoms. The normalized spacial score (nSPS) is 11.6. The van der Waals surface area contributed by atoms with Gasteiger partial charge in [-0.25, -0.2) is 26.6 Å². The molecule has 11 heteroatoms. The minimum Gasteiger partial charge on any atom is -0.497 e. The topological polar surface area (TPSA) is 115 Å². The lowest BCUT2D eigenvalue weighted by atomic mass is 10.1. The molecule has 1 amide bonds. The van der Waals surface area contributed by atoms with E-state index in [1.807, 2.05) is 6.07 Å². The van der Waals surface area contributed by atoms with Crippen LogP contribution in [0.4, 0.5) is 9.18 Å². The predicted octanol–water partition coefficient (Wildman–Crippen LogP) is 4.17. The lowest BCUT2D eigenvalue weighted by Crippen LogP contribution is -2.33. The van der Waals surface area contributed by atoms with Crippen LogP contribution in [0.1, 0.15) is 32.0 Å². The number of ether oxygens (including phenoxy) is 2. The summed E-state index contributed by atoms with van der Waals surface area (Å²) >= 11 is 0. The molecule has 0 N–H and O–H groups in total. The number of halogens is 1. The Morgan fingerprint density at radius 3 is 2.60 bits per heavy atom. The Balaban J connectivity index is 2.19. The Morgan fingerprint density at radius 2 is 1.97 bits per heavy atom. The standard InChI is InChI=1S/C24H25FN4O5S/c1-24(2,3)34-23(30)28(4)14-16-15-29(35(31,32)18-9-6-8-17(12-18)33-5)22(21(16)25)19-10-7-11-27-20(19)13-26/h6-12,15H,14H2,1-5H3. The summed E-state index contributed by atoms with van der Waals surface area (Å²) in [6.45, 7) is 4.80. The van der Waals surface area contributed by atoms with Gasteiger partial charge in [0.2, 0.25) is 0 Å². The number of nitrogens with zero attached hydrogens (tertiary/aromatic N) is 4. The molecule has 3 aromatic rings. The van der Waals surface area contributed by atoms with Crippen LogP contribution in [-0.4, -0.2) is 48.1 Å². The lowest BCUT2D eigenvalue weighted by molar-refractivity contribution is 0.0284. The molecular weight excluding hydrogens is 475 g/mol. The average Bonchev–Trinajstić information content (AvgIpc) is 3.14. The maximum absolute atomic E-state index is 15.8. The summed E-state index contributed by atoms with van der Waals surface area (Å²) < 4.78 is 54.2. The van der Waals surface area contributed by atoms with Crippen LogP contribution in [0.15, 0.2) is 53.7 Å². The molecule has 184 valence electrons. The number of hydrogen-bond donors (Lipinski definition) is 0. The van der Waals surface area contributed by atoms with E-state index in [-0.39, 0.29) is 34.0 Å². The van der Waals surface area contributed by atoms with Gasteiger partial charge in [-0.2, -0.15) is 5.26 Å². The van der Waals surface area contributed by atoms with Crippen molar-refractivity contribution in [2.75, 3.05) is 14.2 Å². The zero-order valence-corrected chi connectivity index (χ0v) is 20.8. The molecule has 35 heavy (non-hydrogen) atoms. The van der Waals surface area contributed by atoms with Gasteiger partial charge in [0.05, 0.1) is 18.6 Å². The van der Waals surface area contributed by atoms with Crippen LogP contribution in [0.25, 0.3) is 11.3 Å². The van der Waals surface area contributed by atoms with Gasteiger partial charge in [0.1, 0.15) is 28.8 Å². The van der Waals surface area contributed by atoms with Gasteiger partial charge in [-0.3, -0.25) is 0 Å². The van der Waals surface area contributed by atoms with Crippen LogP contribution in [0, 0.1) is 17.1 Å². The fourth-order valence-electron chi connectivity index (χ4n) is 3.27. The van der Waals surface area contributed by atoms with Gasteiger partial charge < -0.3 is 14.4 Å². The Bertz CT molecular complexity index is 1400. The van der Waals surface area contributed by atoms with Crippen LogP contribution in [-0.2, 0) is 21.3 Å². The van der Waals surface area contributed by atoms with Crippen molar-refractivity contribution in [3.63, 3.8) is 0 Å². The van der Waals surface area contributed by atoms with Crippen molar-refractivity contribution in [2.45, 2.75) is 37.8 Å². The quantitative estimate of drug-likeness (QED) is 0.499. The van der Waals surface area contributed by atoms with E-state index in [4.69, 9.17) is 9.47 Å². The highest BCUT2D eigenvalue weighted by Gasteiger charge is 2.30. The summed E-state index contributed by atoms with van der Waals surface area (Å²) in [5.41, 5.74) is -1.39. The van der Waals surface area contributed by atoms with Crippen LogP contribution < -0.4 is 4.74 Å². The van der Waals surface area contributed by atoms with Crippen LogP contribution in [0.2, 0.25) is 0 Å². The van der Waals surface area contributed by atoms with E-state index < -0.39 is 27.5 Å². The monoisotopic (exact) mass is 500 g/mol. The first-order valence-corrected chi connectivity index (χ1v) is 11.9. The maximum atomic E-state index is 15.8. The maximum Gasteiger partial charge on any atom is 0.410 e. The number of aromatic nitrogens is 2. The second-order valence-electron chi connectivity index (χ2n) is 8.64. The minimum absolute atomic E-state index is 0.00913. The number of hydrogen-bond acceptors (Lipinski definition) is 7. The van der Waals surface area contributed by atoms with Crippen molar-refractivity contribution in [3.8, 4) is 23.1 Å². The molecule has 0 aliphatic carbocycles. The van der Waals surface area contributed by atoms with Crippen LogP contribution in [0.5, 0.6) is 5.75 Å². The Hall–Kier alpha value is -3.91. The smallest absolute Gasteiger partial charge is 0.410 e. The third-order valence-electron chi connectivity index (χ3n) is 4.86. The largest absolute Gasteiger partial charge is 0.497 e. The van der Waals surface area contributed by atoms with Crippen LogP contribution in [0.3, 0.4) is 0 Å². The average molecular weight is 501 g/mol. The molecule has 0 fully saturated rings. The van der Waals surface area contributed by atoms with Crippen molar-refractivity contribution in [1.29, 1.82) is 5.26 Å². The molecular formula is C24H25FN4O5S. The first kappa shape index (κ1) is 25.7. The molecule has 2 aromatic heterocycles. The van der Waals surface area contributed by atoms with E-state index >= 15 is 4.39 Å². The highest BCUT2D eigenvalue weighted by molar-refractivity contribution is 7.90. The third-order valence-corrected chi connectivity index (χ3v) is 6.52. The van der Waals surface area contributed by atoms with Gasteiger partial charge in [0, 0.05) is 36.6 Å². The van der Waals surface area contributed by atoms with Gasteiger partial charge in [-0.15, -0.1) is 0 Å². The minimum atomic E-state index is -4.34. The summed E-state index contributed by atoms with van der Waals surface area (Å²) in [5.74, 6) is -0.611. The number of carbonyl (C=O) groups is 1. The molecule has 0 spiro atoms. The predicted molar refractivity (Wildman–Crippen MR) is 126 cm³/mol. The lowest BCUT2D eigenvalue weighted by Gasteiger charge is -2.24. The highest BCUT2D eigenvalue weighted by Crippen LogP contribution is 2.33. The Morgan fingerprint density at radius 1 is 1.26 bits per heavy atom. The molecule has 2 heterocycles. The fraction of sp³-hybridized carbons (Fsp3) is 0.292. The SMILES string of the molecule is COc1cccc(S(=O)(=O)n2cc(CN(C)C(=O)OC(C)(C)C)c(F)c2-c2cccnc2C#N)c1. The van der Waals surface area contributed by atoms with Gasteiger partial charge in [0.25, 0.3) is 10.0 Å². The summed E-state index contributed by atoms with van der Waals surface area (Å²) in [7, 11) is -1.53. The first-order chi connectivity index (χ1) is 16.4. The molecule has 0 saturated heterocycles. The van der Waals surface area contributed by atoms with E-state index in [1.165, 1.54) is 50.7 Å². The number of nitriles is 1. The van der Waals surface area contributed by atoms with Gasteiger partial charge in [-0.05, 0) is 45.0 Å². The molecule has 0 aliphatic rings. The number of methoxy groups -OCH3 is 1. The zero-order chi connectivity index (χ0) is 26.0. The second kappa shape index (κ2) is 9.76. The summed E-state index contributed by atoms with van der Waals surface area (Å²) in [6.07, 6.45) is 1.73. The fourth-order valence-corrected chi connectivity index (χ4v) is 4.70.